The highest BCUT2D eigenvalue weighted by Gasteiger charge is 1.96. The van der Waals surface area contributed by atoms with Crippen molar-refractivity contribution in [1.29, 1.82) is 0 Å². The largest absolute Gasteiger partial charge is 0.481 e. The van der Waals surface area contributed by atoms with Gasteiger partial charge in [0.2, 0.25) is 0 Å². The molecular formula is C16H30O5. The Morgan fingerprint density at radius 1 is 0.762 bits per heavy atom. The number of carbonyl (C=O) groups excluding carboxylic acids is 2. The van der Waals surface area contributed by atoms with Gasteiger partial charge in [0.15, 0.2) is 0 Å². The average molecular weight is 302 g/mol. The number of ether oxygens (including phenoxy) is 1. The predicted octanol–water partition coefficient (Wildman–Crippen LogP) is 4.09. The highest BCUT2D eigenvalue weighted by molar-refractivity contribution is 5.82. The van der Waals surface area contributed by atoms with Crippen molar-refractivity contribution in [2.24, 2.45) is 0 Å². The van der Waals surface area contributed by atoms with Crippen LogP contribution in [0.2, 0.25) is 0 Å². The zero-order chi connectivity index (χ0) is 16.5. The molecule has 5 nitrogen and oxygen atoms in total. The van der Waals surface area contributed by atoms with Gasteiger partial charge in [0, 0.05) is 20.3 Å². The van der Waals surface area contributed by atoms with Crippen LogP contribution in [0.1, 0.15) is 85.0 Å². The second kappa shape index (κ2) is 16.7. The molecule has 0 amide bonds. The van der Waals surface area contributed by atoms with Gasteiger partial charge in [-0.2, -0.15) is 0 Å². The van der Waals surface area contributed by atoms with E-state index in [0.29, 0.717) is 6.42 Å². The molecule has 21 heavy (non-hydrogen) atoms. The van der Waals surface area contributed by atoms with Gasteiger partial charge < -0.3 is 9.84 Å². The third-order valence-electron chi connectivity index (χ3n) is 2.78. The maximum absolute atomic E-state index is 10.2. The lowest BCUT2D eigenvalue weighted by molar-refractivity contribution is -0.156. The molecule has 0 heterocycles. The van der Waals surface area contributed by atoms with Crippen LogP contribution in [0.25, 0.3) is 0 Å². The molecule has 0 aromatic carbocycles. The number of carbonyl (C=O) groups is 3. The lowest BCUT2D eigenvalue weighted by atomic mass is 10.1. The Hall–Kier alpha value is -1.39. The van der Waals surface area contributed by atoms with Gasteiger partial charge in [0.1, 0.15) is 0 Å². The molecule has 0 aliphatic heterocycles. The highest BCUT2D eigenvalue weighted by atomic mass is 16.6. The summed E-state index contributed by atoms with van der Waals surface area (Å²) in [6.07, 6.45) is 11.5. The Labute approximate surface area is 128 Å². The molecule has 0 fully saturated rings. The fourth-order valence-corrected chi connectivity index (χ4v) is 1.79. The number of aliphatic carboxylic acids is 1. The molecule has 0 radical (unpaired) electrons. The summed E-state index contributed by atoms with van der Waals surface area (Å²) in [7, 11) is 0. The standard InChI is InChI=1S/C12H24O2.C4H6O3/c1-2-3-4-5-6-7-8-9-10-11-12(13)14;1-3(5)7-4(2)6/h2-11H2,1H3,(H,13,14);1-2H3. The van der Waals surface area contributed by atoms with Crippen LogP contribution in [-0.2, 0) is 19.1 Å². The SMILES string of the molecule is CC(=O)OC(C)=O.CCCCCCCCCCCC(=O)O. The van der Waals surface area contributed by atoms with E-state index in [-0.39, 0.29) is 0 Å². The summed E-state index contributed by atoms with van der Waals surface area (Å²) < 4.78 is 3.97. The van der Waals surface area contributed by atoms with Crippen LogP contribution < -0.4 is 0 Å². The number of hydrogen-bond acceptors (Lipinski definition) is 4. The molecule has 0 aliphatic carbocycles. The molecule has 0 bridgehead atoms. The molecule has 0 rings (SSSR count). The first-order chi connectivity index (χ1) is 9.90. The minimum atomic E-state index is -0.659. The lowest BCUT2D eigenvalue weighted by Gasteiger charge is -2.00. The number of unbranched alkanes of at least 4 members (excludes halogenated alkanes) is 8. The normalized spacial score (nSPS) is 9.48. The minimum Gasteiger partial charge on any atom is -0.481 e. The van der Waals surface area contributed by atoms with Crippen LogP contribution in [0.15, 0.2) is 0 Å². The summed E-state index contributed by atoms with van der Waals surface area (Å²) in [6.45, 7) is 4.59. The number of carboxylic acid groups (broad SMARTS) is 1. The summed E-state index contributed by atoms with van der Waals surface area (Å²) in [5, 5.41) is 8.41. The van der Waals surface area contributed by atoms with Crippen molar-refractivity contribution in [3.8, 4) is 0 Å². The number of rotatable bonds is 10. The van der Waals surface area contributed by atoms with Crippen LogP contribution in [0.5, 0.6) is 0 Å². The van der Waals surface area contributed by atoms with Crippen molar-refractivity contribution >= 4 is 17.9 Å². The quantitative estimate of drug-likeness (QED) is 0.373. The predicted molar refractivity (Wildman–Crippen MR) is 81.9 cm³/mol. The van der Waals surface area contributed by atoms with Gasteiger partial charge >= 0.3 is 17.9 Å². The Morgan fingerprint density at radius 2 is 1.14 bits per heavy atom. The lowest BCUT2D eigenvalue weighted by Crippen LogP contribution is -2.03. The summed E-state index contributed by atoms with van der Waals surface area (Å²) in [4.78, 5) is 29.8. The third-order valence-corrected chi connectivity index (χ3v) is 2.78. The number of esters is 2. The van der Waals surface area contributed by atoms with Gasteiger partial charge in [-0.15, -0.1) is 0 Å². The molecule has 5 heteroatoms. The topological polar surface area (TPSA) is 80.7 Å². The van der Waals surface area contributed by atoms with Crippen molar-refractivity contribution in [2.75, 3.05) is 0 Å². The zero-order valence-electron chi connectivity index (χ0n) is 13.7. The van der Waals surface area contributed by atoms with Gasteiger partial charge in [-0.25, -0.2) is 0 Å². The van der Waals surface area contributed by atoms with E-state index in [1.807, 2.05) is 0 Å². The van der Waals surface area contributed by atoms with Crippen molar-refractivity contribution in [3.05, 3.63) is 0 Å². The Morgan fingerprint density at radius 3 is 1.43 bits per heavy atom. The van der Waals surface area contributed by atoms with Crippen LogP contribution >= 0.6 is 0 Å². The van der Waals surface area contributed by atoms with Gasteiger partial charge in [-0.05, 0) is 6.42 Å². The van der Waals surface area contributed by atoms with Crippen LogP contribution in [-0.4, -0.2) is 23.0 Å². The molecule has 124 valence electrons. The van der Waals surface area contributed by atoms with Gasteiger partial charge in [-0.1, -0.05) is 58.3 Å². The zero-order valence-corrected chi connectivity index (χ0v) is 13.7. The molecular weight excluding hydrogens is 272 g/mol. The van der Waals surface area contributed by atoms with Crippen molar-refractivity contribution in [3.63, 3.8) is 0 Å². The Bertz CT molecular complexity index is 274. The van der Waals surface area contributed by atoms with E-state index in [4.69, 9.17) is 5.11 Å². The molecule has 0 aromatic heterocycles. The number of carboxylic acids is 1. The molecule has 0 atom stereocenters. The maximum Gasteiger partial charge on any atom is 0.310 e. The molecule has 1 N–H and O–H groups in total. The van der Waals surface area contributed by atoms with Crippen molar-refractivity contribution in [1.82, 2.24) is 0 Å². The number of hydrogen-bond donors (Lipinski definition) is 1. The molecule has 0 aliphatic rings. The monoisotopic (exact) mass is 302 g/mol. The van der Waals surface area contributed by atoms with E-state index in [9.17, 15) is 14.4 Å². The molecule has 0 unspecified atom stereocenters. The van der Waals surface area contributed by atoms with E-state index in [2.05, 4.69) is 11.7 Å². The Kier molecular flexibility index (Phi) is 17.4. The summed E-state index contributed by atoms with van der Waals surface area (Å²) >= 11 is 0. The first-order valence-electron chi connectivity index (χ1n) is 7.80. The van der Waals surface area contributed by atoms with Crippen LogP contribution in [0.4, 0.5) is 0 Å². The van der Waals surface area contributed by atoms with E-state index in [1.165, 1.54) is 58.8 Å². The molecule has 0 aromatic rings. The minimum absolute atomic E-state index is 0.343. The maximum atomic E-state index is 10.2. The van der Waals surface area contributed by atoms with E-state index in [0.717, 1.165) is 12.8 Å². The third kappa shape index (κ3) is 27.7. The van der Waals surface area contributed by atoms with Gasteiger partial charge in [-0.3, -0.25) is 14.4 Å². The average Bonchev–Trinajstić information content (AvgIpc) is 2.35. The summed E-state index contributed by atoms with van der Waals surface area (Å²) in [5.74, 6) is -1.78. The summed E-state index contributed by atoms with van der Waals surface area (Å²) in [5.41, 5.74) is 0. The van der Waals surface area contributed by atoms with Crippen molar-refractivity contribution in [2.45, 2.75) is 85.0 Å². The van der Waals surface area contributed by atoms with E-state index >= 15 is 0 Å². The van der Waals surface area contributed by atoms with Crippen molar-refractivity contribution < 1.29 is 24.2 Å². The second-order valence-electron chi connectivity index (χ2n) is 5.06. The van der Waals surface area contributed by atoms with Gasteiger partial charge in [0.05, 0.1) is 0 Å². The van der Waals surface area contributed by atoms with Crippen LogP contribution in [0, 0.1) is 0 Å². The molecule has 0 saturated carbocycles. The van der Waals surface area contributed by atoms with Crippen LogP contribution in [0.3, 0.4) is 0 Å². The van der Waals surface area contributed by atoms with E-state index in [1.54, 1.807) is 0 Å². The molecule has 0 spiro atoms. The summed E-state index contributed by atoms with van der Waals surface area (Å²) in [6, 6.07) is 0. The van der Waals surface area contributed by atoms with Gasteiger partial charge in [0.25, 0.3) is 0 Å². The fourth-order valence-electron chi connectivity index (χ4n) is 1.79. The highest BCUT2D eigenvalue weighted by Crippen LogP contribution is 2.10. The van der Waals surface area contributed by atoms with E-state index < -0.39 is 17.9 Å². The first kappa shape index (κ1) is 21.9. The molecule has 0 saturated heterocycles. The Balaban J connectivity index is 0. The first-order valence-corrected chi connectivity index (χ1v) is 7.80. The second-order valence-corrected chi connectivity index (χ2v) is 5.06. The fraction of sp³-hybridized carbons (Fsp3) is 0.812. The smallest absolute Gasteiger partial charge is 0.310 e.